The molecule has 4 nitrogen and oxygen atoms in total. The second-order valence-electron chi connectivity index (χ2n) is 4.31. The van der Waals surface area contributed by atoms with Crippen LogP contribution in [-0.4, -0.2) is 23.0 Å². The van der Waals surface area contributed by atoms with Crippen LogP contribution >= 0.6 is 0 Å². The van der Waals surface area contributed by atoms with Crippen LogP contribution in [0.25, 0.3) is 0 Å². The number of halogens is 3. The van der Waals surface area contributed by atoms with Crippen LogP contribution in [0.15, 0.2) is 36.8 Å². The van der Waals surface area contributed by atoms with Crippen LogP contribution in [0.1, 0.15) is 17.3 Å². The summed E-state index contributed by atoms with van der Waals surface area (Å²) in [4.78, 5) is 4.21. The molecule has 1 atom stereocenters. The van der Waals surface area contributed by atoms with E-state index in [4.69, 9.17) is 0 Å². The molecule has 0 aliphatic carbocycles. The predicted molar refractivity (Wildman–Crippen MR) is 67.2 cm³/mol. The summed E-state index contributed by atoms with van der Waals surface area (Å²) in [7, 11) is 3.54. The van der Waals surface area contributed by atoms with Gasteiger partial charge in [-0.2, -0.15) is 0 Å². The molecule has 0 bridgehead atoms. The maximum atomic E-state index is 12.2. The highest BCUT2D eigenvalue weighted by molar-refractivity contribution is 5.34. The van der Waals surface area contributed by atoms with E-state index in [1.54, 1.807) is 30.2 Å². The second kappa shape index (κ2) is 5.54. The Morgan fingerprint density at radius 2 is 2.10 bits per heavy atom. The smallest absolute Gasteiger partial charge is 0.406 e. The Kier molecular flexibility index (Phi) is 3.99. The van der Waals surface area contributed by atoms with Crippen molar-refractivity contribution < 1.29 is 17.9 Å². The molecule has 1 aromatic heterocycles. The Labute approximate surface area is 114 Å². The van der Waals surface area contributed by atoms with Gasteiger partial charge in [0, 0.05) is 13.2 Å². The summed E-state index contributed by atoms with van der Waals surface area (Å²) in [6.45, 7) is 0. The van der Waals surface area contributed by atoms with Crippen molar-refractivity contribution in [1.82, 2.24) is 14.9 Å². The number of rotatable bonds is 4. The normalized spacial score (nSPS) is 13.2. The van der Waals surface area contributed by atoms with Crippen molar-refractivity contribution in [3.8, 4) is 5.75 Å². The summed E-state index contributed by atoms with van der Waals surface area (Å²) in [5, 5.41) is 3.03. The summed E-state index contributed by atoms with van der Waals surface area (Å²) in [5.41, 5.74) is 1.37. The Hall–Kier alpha value is -2.02. The minimum atomic E-state index is -4.70. The number of nitrogens with one attached hydrogen (secondary N) is 1. The highest BCUT2D eigenvalue weighted by atomic mass is 19.4. The molecule has 0 saturated carbocycles. The van der Waals surface area contributed by atoms with Gasteiger partial charge in [0.2, 0.25) is 0 Å². The van der Waals surface area contributed by atoms with E-state index in [0.717, 1.165) is 5.69 Å². The van der Waals surface area contributed by atoms with Crippen molar-refractivity contribution in [2.75, 3.05) is 7.05 Å². The van der Waals surface area contributed by atoms with Crippen molar-refractivity contribution in [1.29, 1.82) is 0 Å². The van der Waals surface area contributed by atoms with Crippen LogP contribution in [0.5, 0.6) is 5.75 Å². The Morgan fingerprint density at radius 3 is 2.65 bits per heavy atom. The topological polar surface area (TPSA) is 39.1 Å². The number of nitrogens with zero attached hydrogens (tertiary/aromatic N) is 2. The van der Waals surface area contributed by atoms with Crippen molar-refractivity contribution >= 4 is 0 Å². The summed E-state index contributed by atoms with van der Waals surface area (Å²) in [5.74, 6) is -0.244. The molecule has 0 amide bonds. The lowest BCUT2D eigenvalue weighted by atomic mass is 10.0. The van der Waals surface area contributed by atoms with Gasteiger partial charge in [-0.05, 0) is 24.7 Å². The lowest BCUT2D eigenvalue weighted by molar-refractivity contribution is -0.274. The van der Waals surface area contributed by atoms with E-state index >= 15 is 0 Å². The first kappa shape index (κ1) is 14.4. The predicted octanol–water partition coefficient (Wildman–Crippen LogP) is 2.63. The number of hydrogen-bond donors (Lipinski definition) is 1. The number of alkyl halides is 3. The number of aryl methyl sites for hydroxylation is 1. The molecule has 2 rings (SSSR count). The Balaban J connectivity index is 2.29. The lowest BCUT2D eigenvalue weighted by Gasteiger charge is -2.16. The number of imidazole rings is 1. The highest BCUT2D eigenvalue weighted by Crippen LogP contribution is 2.27. The standard InChI is InChI=1S/C13H14F3N3O/c1-17-12(11-7-19(2)8-18-11)9-4-3-5-10(6-9)20-13(14,15)16/h3-8,12,17H,1-2H3. The van der Waals surface area contributed by atoms with E-state index in [2.05, 4.69) is 15.0 Å². The van der Waals surface area contributed by atoms with Crippen LogP contribution in [0.3, 0.4) is 0 Å². The van der Waals surface area contributed by atoms with Gasteiger partial charge in [0.15, 0.2) is 0 Å². The first-order chi connectivity index (χ1) is 9.39. The highest BCUT2D eigenvalue weighted by Gasteiger charge is 2.31. The maximum absolute atomic E-state index is 12.2. The summed E-state index contributed by atoms with van der Waals surface area (Å²) in [6.07, 6.45) is -1.26. The molecule has 1 aromatic carbocycles. The fourth-order valence-corrected chi connectivity index (χ4v) is 1.96. The zero-order chi connectivity index (χ0) is 14.8. The zero-order valence-electron chi connectivity index (χ0n) is 11.0. The molecule has 20 heavy (non-hydrogen) atoms. The third-order valence-corrected chi connectivity index (χ3v) is 2.73. The van der Waals surface area contributed by atoms with Crippen molar-refractivity contribution in [2.24, 2.45) is 7.05 Å². The SMILES string of the molecule is CNC(c1cccc(OC(F)(F)F)c1)c1cn(C)cn1. The molecule has 0 saturated heterocycles. The summed E-state index contributed by atoms with van der Waals surface area (Å²) < 4.78 is 42.4. The van der Waals surface area contributed by atoms with Crippen LogP contribution < -0.4 is 10.1 Å². The van der Waals surface area contributed by atoms with Gasteiger partial charge in [0.05, 0.1) is 18.1 Å². The van der Waals surface area contributed by atoms with E-state index in [1.807, 2.05) is 7.05 Å². The molecule has 0 aliphatic rings. The van der Waals surface area contributed by atoms with Crippen molar-refractivity contribution in [3.63, 3.8) is 0 Å². The van der Waals surface area contributed by atoms with Gasteiger partial charge in [-0.25, -0.2) is 4.98 Å². The number of ether oxygens (including phenoxy) is 1. The molecular weight excluding hydrogens is 271 g/mol. The Bertz CT molecular complexity index is 580. The van der Waals surface area contributed by atoms with E-state index in [-0.39, 0.29) is 11.8 Å². The minimum Gasteiger partial charge on any atom is -0.406 e. The average molecular weight is 285 g/mol. The fourth-order valence-electron chi connectivity index (χ4n) is 1.96. The molecule has 1 N–H and O–H groups in total. The van der Waals surface area contributed by atoms with Crippen LogP contribution in [0, 0.1) is 0 Å². The molecule has 7 heteroatoms. The largest absolute Gasteiger partial charge is 0.573 e. The molecule has 0 radical (unpaired) electrons. The molecular formula is C13H14F3N3O. The zero-order valence-corrected chi connectivity index (χ0v) is 11.0. The van der Waals surface area contributed by atoms with Crippen molar-refractivity contribution in [3.05, 3.63) is 48.0 Å². The van der Waals surface area contributed by atoms with Gasteiger partial charge >= 0.3 is 6.36 Å². The molecule has 1 heterocycles. The van der Waals surface area contributed by atoms with E-state index in [0.29, 0.717) is 5.56 Å². The van der Waals surface area contributed by atoms with Crippen molar-refractivity contribution in [2.45, 2.75) is 12.4 Å². The molecule has 1 unspecified atom stereocenters. The third-order valence-electron chi connectivity index (χ3n) is 2.73. The van der Waals surface area contributed by atoms with E-state index < -0.39 is 6.36 Å². The maximum Gasteiger partial charge on any atom is 0.573 e. The lowest BCUT2D eigenvalue weighted by Crippen LogP contribution is -2.19. The van der Waals surface area contributed by atoms with Gasteiger partial charge in [-0.3, -0.25) is 0 Å². The first-order valence-corrected chi connectivity index (χ1v) is 5.90. The number of benzene rings is 1. The third kappa shape index (κ3) is 3.51. The molecule has 0 aliphatic heterocycles. The van der Waals surface area contributed by atoms with Gasteiger partial charge < -0.3 is 14.6 Å². The van der Waals surface area contributed by atoms with Gasteiger partial charge in [-0.15, -0.1) is 13.2 Å². The fraction of sp³-hybridized carbons (Fsp3) is 0.308. The summed E-state index contributed by atoms with van der Waals surface area (Å²) in [6, 6.07) is 5.56. The van der Waals surface area contributed by atoms with Gasteiger partial charge in [-0.1, -0.05) is 12.1 Å². The molecule has 108 valence electrons. The van der Waals surface area contributed by atoms with Crippen LogP contribution in [0.4, 0.5) is 13.2 Å². The molecule has 2 aromatic rings. The number of hydrogen-bond acceptors (Lipinski definition) is 3. The minimum absolute atomic E-state index is 0.244. The van der Waals surface area contributed by atoms with E-state index in [9.17, 15) is 13.2 Å². The van der Waals surface area contributed by atoms with Crippen LogP contribution in [-0.2, 0) is 7.05 Å². The average Bonchev–Trinajstić information content (AvgIpc) is 2.75. The van der Waals surface area contributed by atoms with Gasteiger partial charge in [0.1, 0.15) is 5.75 Å². The second-order valence-corrected chi connectivity index (χ2v) is 4.31. The quantitative estimate of drug-likeness (QED) is 0.938. The Morgan fingerprint density at radius 1 is 1.35 bits per heavy atom. The number of aromatic nitrogens is 2. The van der Waals surface area contributed by atoms with Crippen LogP contribution in [0.2, 0.25) is 0 Å². The monoisotopic (exact) mass is 285 g/mol. The molecule has 0 fully saturated rings. The van der Waals surface area contributed by atoms with E-state index in [1.165, 1.54) is 18.2 Å². The molecule has 0 spiro atoms. The summed E-state index contributed by atoms with van der Waals surface area (Å²) >= 11 is 0. The first-order valence-electron chi connectivity index (χ1n) is 5.90. The van der Waals surface area contributed by atoms with Gasteiger partial charge in [0.25, 0.3) is 0 Å².